The highest BCUT2D eigenvalue weighted by Gasteiger charge is 2.68. The summed E-state index contributed by atoms with van der Waals surface area (Å²) in [5.41, 5.74) is -0.798. The van der Waals surface area contributed by atoms with Crippen LogP contribution in [-0.4, -0.2) is 66.8 Å². The number of carbonyl (C=O) groups is 2. The van der Waals surface area contributed by atoms with Crippen LogP contribution in [0.5, 0.6) is 0 Å². The van der Waals surface area contributed by atoms with E-state index in [4.69, 9.17) is 9.57 Å². The number of para-hydroxylation sites is 1. The molecule has 1 saturated carbocycles. The van der Waals surface area contributed by atoms with Crippen molar-refractivity contribution in [2.75, 3.05) is 32.4 Å². The lowest BCUT2D eigenvalue weighted by molar-refractivity contribution is -0.186. The van der Waals surface area contributed by atoms with E-state index >= 15 is 0 Å². The van der Waals surface area contributed by atoms with Gasteiger partial charge >= 0.3 is 0 Å². The van der Waals surface area contributed by atoms with Crippen molar-refractivity contribution >= 4 is 17.4 Å². The van der Waals surface area contributed by atoms with Crippen molar-refractivity contribution in [3.8, 4) is 0 Å². The minimum atomic E-state index is -1.42. The molecular formula is C19H22N2O5. The van der Waals surface area contributed by atoms with E-state index in [2.05, 4.69) is 0 Å². The summed E-state index contributed by atoms with van der Waals surface area (Å²) in [5, 5.41) is 12.6. The number of Topliss-reactive ketones (excluding diaryl/α,β-unsaturated/α-hetero) is 1. The largest absolute Gasteiger partial charge is 0.381 e. The fourth-order valence-electron chi connectivity index (χ4n) is 5.59. The number of ketones is 1. The van der Waals surface area contributed by atoms with Crippen molar-refractivity contribution < 1.29 is 24.3 Å². The number of carbonyl (C=O) groups excluding carboxylic acids is 2. The van der Waals surface area contributed by atoms with E-state index in [0.29, 0.717) is 12.1 Å². The number of anilines is 1. The van der Waals surface area contributed by atoms with Crippen LogP contribution in [0, 0.1) is 5.92 Å². The van der Waals surface area contributed by atoms with Gasteiger partial charge in [-0.05, 0) is 25.1 Å². The van der Waals surface area contributed by atoms with Gasteiger partial charge in [-0.25, -0.2) is 0 Å². The lowest BCUT2D eigenvalue weighted by atomic mass is 9.72. The molecule has 138 valence electrons. The third-order valence-corrected chi connectivity index (χ3v) is 6.93. The first-order valence-corrected chi connectivity index (χ1v) is 8.99. The van der Waals surface area contributed by atoms with E-state index in [1.54, 1.807) is 0 Å². The van der Waals surface area contributed by atoms with Crippen LogP contribution in [0.2, 0.25) is 0 Å². The quantitative estimate of drug-likeness (QED) is 0.776. The molecule has 26 heavy (non-hydrogen) atoms. The molecule has 1 aliphatic carbocycles. The van der Waals surface area contributed by atoms with Gasteiger partial charge in [0.2, 0.25) is 0 Å². The Balaban J connectivity index is 1.74. The van der Waals surface area contributed by atoms with E-state index in [1.807, 2.05) is 36.2 Å². The van der Waals surface area contributed by atoms with E-state index in [0.717, 1.165) is 5.56 Å². The van der Waals surface area contributed by atoms with Crippen LogP contribution in [-0.2, 0) is 24.6 Å². The molecule has 4 aliphatic heterocycles. The molecule has 6 rings (SSSR count). The number of benzene rings is 1. The van der Waals surface area contributed by atoms with Crippen LogP contribution in [0.1, 0.15) is 18.4 Å². The Hall–Kier alpha value is -1.80. The van der Waals surface area contributed by atoms with Gasteiger partial charge < -0.3 is 9.84 Å². The number of amides is 1. The number of hydrogen-bond donors (Lipinski definition) is 1. The van der Waals surface area contributed by atoms with Crippen LogP contribution < -0.4 is 5.06 Å². The molecule has 5 aliphatic rings. The molecule has 1 aromatic rings. The standard InChI is InChI=1S/C19H22N2O5/c1-20-9-15(22)19(24)8-16-18(7-14(20)12(19)10-26-16)11-5-3-4-6-13(11)21(25-2)17(18)23/h3-6,12,14,16,24H,7-10H2,1-2H3/t12-,14+,16-,18+,19+/m1/s1. The first-order chi connectivity index (χ1) is 12.4. The predicted octanol–water partition coefficient (Wildman–Crippen LogP) is 0.255. The van der Waals surface area contributed by atoms with Crippen molar-refractivity contribution in [1.29, 1.82) is 0 Å². The van der Waals surface area contributed by atoms with Gasteiger partial charge in [-0.1, -0.05) is 18.2 Å². The first kappa shape index (κ1) is 16.4. The number of rotatable bonds is 1. The molecule has 0 aromatic heterocycles. The van der Waals surface area contributed by atoms with Gasteiger partial charge in [0.1, 0.15) is 11.0 Å². The number of nitrogens with zero attached hydrogens (tertiary/aromatic N) is 2. The summed E-state index contributed by atoms with van der Waals surface area (Å²) in [7, 11) is 3.36. The maximum absolute atomic E-state index is 13.5. The molecular weight excluding hydrogens is 336 g/mol. The van der Waals surface area contributed by atoms with Gasteiger partial charge in [0.15, 0.2) is 5.78 Å². The van der Waals surface area contributed by atoms with Crippen molar-refractivity contribution in [3.63, 3.8) is 0 Å². The van der Waals surface area contributed by atoms with Crippen molar-refractivity contribution in [2.24, 2.45) is 5.92 Å². The summed E-state index contributed by atoms with van der Waals surface area (Å²) in [6.07, 6.45) is 0.0979. The minimum Gasteiger partial charge on any atom is -0.381 e. The summed E-state index contributed by atoms with van der Waals surface area (Å²) in [6, 6.07) is 7.45. The van der Waals surface area contributed by atoms with E-state index in [1.165, 1.54) is 12.2 Å². The summed E-state index contributed by atoms with van der Waals surface area (Å²) < 4.78 is 6.12. The first-order valence-electron chi connectivity index (χ1n) is 8.99. The number of hydroxylamine groups is 1. The number of likely N-dealkylation sites (tertiary alicyclic amines) is 1. The summed E-state index contributed by atoms with van der Waals surface area (Å²) >= 11 is 0. The second kappa shape index (κ2) is 5.13. The lowest BCUT2D eigenvalue weighted by Crippen LogP contribution is -2.65. The maximum Gasteiger partial charge on any atom is 0.264 e. The Morgan fingerprint density at radius 1 is 1.27 bits per heavy atom. The van der Waals surface area contributed by atoms with Crippen LogP contribution in [0.4, 0.5) is 5.69 Å². The summed E-state index contributed by atoms with van der Waals surface area (Å²) in [6.45, 7) is 0.483. The summed E-state index contributed by atoms with van der Waals surface area (Å²) in [4.78, 5) is 33.5. The van der Waals surface area contributed by atoms with Crippen molar-refractivity contribution in [3.05, 3.63) is 29.8 Å². The number of aliphatic hydroxyl groups is 1. The Bertz CT molecular complexity index is 813. The van der Waals surface area contributed by atoms with Crippen LogP contribution in [0.25, 0.3) is 0 Å². The second-order valence-corrected chi connectivity index (χ2v) is 7.94. The van der Waals surface area contributed by atoms with Crippen molar-refractivity contribution in [1.82, 2.24) is 4.90 Å². The number of fused-ring (bicyclic) bond motifs is 2. The maximum atomic E-state index is 13.5. The average Bonchev–Trinajstić information content (AvgIpc) is 2.73. The number of likely N-dealkylation sites (N-methyl/N-ethyl adjacent to an activating group) is 1. The SMILES string of the molecule is CON1C(=O)[C@@]2(C[C@H]3[C@H]4CO[C@@H]2C[C@@]4(O)C(=O)CN3C)c2ccccc21. The second-order valence-electron chi connectivity index (χ2n) is 7.94. The van der Waals surface area contributed by atoms with E-state index < -0.39 is 17.1 Å². The molecule has 4 bridgehead atoms. The molecule has 5 atom stereocenters. The zero-order chi connectivity index (χ0) is 18.3. The molecule has 3 saturated heterocycles. The number of piperidine rings is 1. The van der Waals surface area contributed by atoms with Gasteiger partial charge in [-0.2, -0.15) is 5.06 Å². The molecule has 1 N–H and O–H groups in total. The molecule has 1 amide bonds. The number of hydrogen-bond acceptors (Lipinski definition) is 6. The minimum absolute atomic E-state index is 0.112. The Morgan fingerprint density at radius 3 is 2.81 bits per heavy atom. The zero-order valence-corrected chi connectivity index (χ0v) is 14.8. The van der Waals surface area contributed by atoms with Gasteiger partial charge in [0, 0.05) is 18.4 Å². The fourth-order valence-corrected chi connectivity index (χ4v) is 5.59. The van der Waals surface area contributed by atoms with Gasteiger partial charge in [-0.15, -0.1) is 0 Å². The Morgan fingerprint density at radius 2 is 2.04 bits per heavy atom. The molecule has 1 spiro atoms. The van der Waals surface area contributed by atoms with Crippen molar-refractivity contribution in [2.45, 2.75) is 36.0 Å². The highest BCUT2D eigenvalue weighted by Crippen LogP contribution is 2.56. The molecule has 4 heterocycles. The topological polar surface area (TPSA) is 79.3 Å². The Kier molecular flexibility index (Phi) is 3.23. The lowest BCUT2D eigenvalue weighted by Gasteiger charge is -2.48. The summed E-state index contributed by atoms with van der Waals surface area (Å²) in [5.74, 6) is -0.668. The van der Waals surface area contributed by atoms with E-state index in [9.17, 15) is 14.7 Å². The molecule has 1 aromatic carbocycles. The van der Waals surface area contributed by atoms with Crippen LogP contribution >= 0.6 is 0 Å². The predicted molar refractivity (Wildman–Crippen MR) is 91.5 cm³/mol. The highest BCUT2D eigenvalue weighted by atomic mass is 16.7. The van der Waals surface area contributed by atoms with Gasteiger partial charge in [-0.3, -0.25) is 19.3 Å². The molecule has 0 radical (unpaired) electrons. The van der Waals surface area contributed by atoms with Crippen LogP contribution in [0.3, 0.4) is 0 Å². The normalized spacial score (nSPS) is 41.7. The van der Waals surface area contributed by atoms with Gasteiger partial charge in [0.05, 0.1) is 32.1 Å². The monoisotopic (exact) mass is 358 g/mol. The van der Waals surface area contributed by atoms with Crippen LogP contribution in [0.15, 0.2) is 24.3 Å². The third kappa shape index (κ3) is 1.72. The van der Waals surface area contributed by atoms with E-state index in [-0.39, 0.29) is 43.2 Å². The Labute approximate surface area is 151 Å². The smallest absolute Gasteiger partial charge is 0.264 e. The number of ether oxygens (including phenoxy) is 1. The molecule has 0 unspecified atom stereocenters. The third-order valence-electron chi connectivity index (χ3n) is 6.93. The molecule has 7 nitrogen and oxygen atoms in total. The highest BCUT2D eigenvalue weighted by molar-refractivity contribution is 6.07. The molecule has 7 heteroatoms. The molecule has 4 fully saturated rings. The van der Waals surface area contributed by atoms with Gasteiger partial charge in [0.25, 0.3) is 5.91 Å². The zero-order valence-electron chi connectivity index (χ0n) is 14.8. The average molecular weight is 358 g/mol. The fraction of sp³-hybridized carbons (Fsp3) is 0.579.